The zero-order chi connectivity index (χ0) is 23.9. The van der Waals surface area contributed by atoms with E-state index >= 15 is 0 Å². The molecule has 3 aromatic carbocycles. The molecule has 1 atom stereocenters. The molecule has 0 aromatic heterocycles. The summed E-state index contributed by atoms with van der Waals surface area (Å²) in [5.41, 5.74) is 2.27. The molecular formula is C26H24FN3O3S. The van der Waals surface area contributed by atoms with Crippen LogP contribution in [0.3, 0.4) is 0 Å². The van der Waals surface area contributed by atoms with Gasteiger partial charge in [0.05, 0.1) is 12.8 Å². The second-order valence-electron chi connectivity index (χ2n) is 7.68. The lowest BCUT2D eigenvalue weighted by atomic mass is 10.1. The predicted molar refractivity (Wildman–Crippen MR) is 133 cm³/mol. The standard InChI is InChI=1S/C26H24FN3O3S/c1-33-22-13-11-20(12-14-22)28-24(31)17-23-25(32)30(16-15-18-5-3-2-4-6-18)26(34-23)29-21-9-7-19(27)8-10-21/h2-14,23H,15-17H2,1H3,(H,28,31). The highest BCUT2D eigenvalue weighted by molar-refractivity contribution is 8.15. The highest BCUT2D eigenvalue weighted by atomic mass is 32.2. The van der Waals surface area contributed by atoms with Crippen LogP contribution in [0.5, 0.6) is 5.75 Å². The van der Waals surface area contributed by atoms with E-state index in [2.05, 4.69) is 10.3 Å². The number of benzene rings is 3. The highest BCUT2D eigenvalue weighted by Gasteiger charge is 2.39. The molecule has 0 bridgehead atoms. The molecule has 1 aliphatic heterocycles. The van der Waals surface area contributed by atoms with Crippen LogP contribution in [0.2, 0.25) is 0 Å². The number of amides is 2. The number of anilines is 1. The summed E-state index contributed by atoms with van der Waals surface area (Å²) in [7, 11) is 1.57. The van der Waals surface area contributed by atoms with Gasteiger partial charge in [0.25, 0.3) is 0 Å². The molecule has 1 unspecified atom stereocenters. The number of thioether (sulfide) groups is 1. The van der Waals surface area contributed by atoms with Gasteiger partial charge in [-0.05, 0) is 60.5 Å². The van der Waals surface area contributed by atoms with Crippen LogP contribution in [-0.4, -0.2) is 40.8 Å². The lowest BCUT2D eigenvalue weighted by Gasteiger charge is -2.16. The summed E-state index contributed by atoms with van der Waals surface area (Å²) in [4.78, 5) is 32.1. The fraction of sp³-hybridized carbons (Fsp3) is 0.192. The fourth-order valence-electron chi connectivity index (χ4n) is 3.50. The molecule has 1 aliphatic rings. The Hall–Kier alpha value is -3.65. The van der Waals surface area contributed by atoms with Gasteiger partial charge in [0.15, 0.2) is 5.17 Å². The Morgan fingerprint density at radius 2 is 1.76 bits per heavy atom. The molecule has 8 heteroatoms. The van der Waals surface area contributed by atoms with Crippen LogP contribution >= 0.6 is 11.8 Å². The van der Waals surface area contributed by atoms with Crippen LogP contribution in [0.15, 0.2) is 83.9 Å². The number of nitrogens with zero attached hydrogens (tertiary/aromatic N) is 2. The molecule has 1 fully saturated rings. The number of hydrogen-bond donors (Lipinski definition) is 1. The summed E-state index contributed by atoms with van der Waals surface area (Å²) < 4.78 is 18.4. The molecule has 1 N–H and O–H groups in total. The van der Waals surface area contributed by atoms with Gasteiger partial charge in [-0.2, -0.15) is 0 Å². The number of ether oxygens (including phenoxy) is 1. The van der Waals surface area contributed by atoms with Crippen molar-refractivity contribution in [1.82, 2.24) is 4.90 Å². The van der Waals surface area contributed by atoms with Gasteiger partial charge in [0.2, 0.25) is 11.8 Å². The first-order chi connectivity index (χ1) is 16.5. The maximum atomic E-state index is 13.3. The SMILES string of the molecule is COc1ccc(NC(=O)CC2SC(=Nc3ccc(F)cc3)N(CCc3ccccc3)C2=O)cc1. The lowest BCUT2D eigenvalue weighted by molar-refractivity contribution is -0.128. The summed E-state index contributed by atoms with van der Waals surface area (Å²) >= 11 is 1.26. The topological polar surface area (TPSA) is 71.0 Å². The lowest BCUT2D eigenvalue weighted by Crippen LogP contribution is -2.35. The van der Waals surface area contributed by atoms with Gasteiger partial charge in [-0.25, -0.2) is 9.38 Å². The van der Waals surface area contributed by atoms with E-state index < -0.39 is 5.25 Å². The second-order valence-corrected chi connectivity index (χ2v) is 8.85. The molecule has 0 aliphatic carbocycles. The average Bonchev–Trinajstić information content (AvgIpc) is 3.13. The van der Waals surface area contributed by atoms with Gasteiger partial charge in [0, 0.05) is 18.7 Å². The smallest absolute Gasteiger partial charge is 0.242 e. The predicted octanol–water partition coefficient (Wildman–Crippen LogP) is 5.04. The Labute approximate surface area is 201 Å². The monoisotopic (exact) mass is 477 g/mol. The molecule has 1 heterocycles. The zero-order valence-corrected chi connectivity index (χ0v) is 19.4. The number of halogens is 1. The third-order valence-electron chi connectivity index (χ3n) is 5.28. The Morgan fingerprint density at radius 3 is 2.44 bits per heavy atom. The van der Waals surface area contributed by atoms with Crippen molar-refractivity contribution < 1.29 is 18.7 Å². The van der Waals surface area contributed by atoms with Gasteiger partial charge >= 0.3 is 0 Å². The first-order valence-electron chi connectivity index (χ1n) is 10.8. The molecule has 1 saturated heterocycles. The number of hydrogen-bond acceptors (Lipinski definition) is 5. The highest BCUT2D eigenvalue weighted by Crippen LogP contribution is 2.32. The Kier molecular flexibility index (Phi) is 7.59. The maximum absolute atomic E-state index is 13.3. The number of carbonyl (C=O) groups excluding carboxylic acids is 2. The normalized spacial score (nSPS) is 16.6. The molecule has 6 nitrogen and oxygen atoms in total. The number of nitrogens with one attached hydrogen (secondary N) is 1. The van der Waals surface area contributed by atoms with Gasteiger partial charge in [-0.1, -0.05) is 42.1 Å². The van der Waals surface area contributed by atoms with Crippen molar-refractivity contribution >= 4 is 40.1 Å². The van der Waals surface area contributed by atoms with Crippen LogP contribution in [0, 0.1) is 5.82 Å². The molecule has 2 amide bonds. The van der Waals surface area contributed by atoms with E-state index in [-0.39, 0.29) is 24.1 Å². The minimum Gasteiger partial charge on any atom is -0.497 e. The molecule has 4 rings (SSSR count). The Bertz CT molecular complexity index is 1170. The number of carbonyl (C=O) groups is 2. The van der Waals surface area contributed by atoms with Crippen molar-refractivity contribution in [3.63, 3.8) is 0 Å². The van der Waals surface area contributed by atoms with Crippen molar-refractivity contribution in [1.29, 1.82) is 0 Å². The number of aliphatic imine (C=N–C) groups is 1. The van der Waals surface area contributed by atoms with Crippen LogP contribution in [-0.2, 0) is 16.0 Å². The number of rotatable bonds is 8. The molecule has 34 heavy (non-hydrogen) atoms. The Balaban J connectivity index is 1.48. The quantitative estimate of drug-likeness (QED) is 0.494. The molecular weight excluding hydrogens is 453 g/mol. The zero-order valence-electron chi connectivity index (χ0n) is 18.6. The minimum absolute atomic E-state index is 0.0137. The van der Waals surface area contributed by atoms with E-state index in [9.17, 15) is 14.0 Å². The van der Waals surface area contributed by atoms with Gasteiger partial charge in [-0.3, -0.25) is 14.5 Å². The van der Waals surface area contributed by atoms with E-state index in [1.54, 1.807) is 48.4 Å². The Morgan fingerprint density at radius 1 is 1.06 bits per heavy atom. The second kappa shape index (κ2) is 11.0. The van der Waals surface area contributed by atoms with Crippen LogP contribution < -0.4 is 10.1 Å². The van der Waals surface area contributed by atoms with Gasteiger partial charge in [-0.15, -0.1) is 0 Å². The maximum Gasteiger partial charge on any atom is 0.242 e. The first kappa shape index (κ1) is 23.5. The molecule has 0 spiro atoms. The van der Waals surface area contributed by atoms with Crippen molar-refractivity contribution in [2.45, 2.75) is 18.1 Å². The molecule has 0 saturated carbocycles. The first-order valence-corrected chi connectivity index (χ1v) is 11.7. The number of amidine groups is 1. The molecule has 0 radical (unpaired) electrons. The third-order valence-corrected chi connectivity index (χ3v) is 6.46. The number of methoxy groups -OCH3 is 1. The van der Waals surface area contributed by atoms with Crippen LogP contribution in [0.4, 0.5) is 15.8 Å². The van der Waals surface area contributed by atoms with Gasteiger partial charge < -0.3 is 10.1 Å². The van der Waals surface area contributed by atoms with Crippen molar-refractivity contribution in [3.05, 3.63) is 90.2 Å². The van der Waals surface area contributed by atoms with Crippen molar-refractivity contribution in [2.75, 3.05) is 19.0 Å². The summed E-state index contributed by atoms with van der Waals surface area (Å²) in [6.07, 6.45) is 0.667. The van der Waals surface area contributed by atoms with Gasteiger partial charge in [0.1, 0.15) is 16.8 Å². The third kappa shape index (κ3) is 6.02. The average molecular weight is 478 g/mol. The van der Waals surface area contributed by atoms with Crippen LogP contribution in [0.25, 0.3) is 0 Å². The van der Waals surface area contributed by atoms with Crippen molar-refractivity contribution in [3.8, 4) is 5.75 Å². The summed E-state index contributed by atoms with van der Waals surface area (Å²) in [5.74, 6) is -0.0860. The van der Waals surface area contributed by atoms with E-state index in [1.807, 2.05) is 30.3 Å². The fourth-order valence-corrected chi connectivity index (χ4v) is 4.68. The van der Waals surface area contributed by atoms with E-state index in [0.29, 0.717) is 35.3 Å². The molecule has 3 aromatic rings. The van der Waals surface area contributed by atoms with Crippen LogP contribution in [0.1, 0.15) is 12.0 Å². The minimum atomic E-state index is -0.590. The van der Waals surface area contributed by atoms with E-state index in [1.165, 1.54) is 23.9 Å². The summed E-state index contributed by atoms with van der Waals surface area (Å²) in [5, 5.41) is 2.74. The van der Waals surface area contributed by atoms with E-state index in [0.717, 1.165) is 5.56 Å². The molecule has 174 valence electrons. The largest absolute Gasteiger partial charge is 0.497 e. The summed E-state index contributed by atoms with van der Waals surface area (Å²) in [6, 6.07) is 22.6. The van der Waals surface area contributed by atoms with E-state index in [4.69, 9.17) is 4.74 Å². The summed E-state index contributed by atoms with van der Waals surface area (Å²) in [6.45, 7) is 0.437. The van der Waals surface area contributed by atoms with Crippen molar-refractivity contribution in [2.24, 2.45) is 4.99 Å².